The van der Waals surface area contributed by atoms with Gasteiger partial charge in [-0.2, -0.15) is 0 Å². The van der Waals surface area contributed by atoms with E-state index in [4.69, 9.17) is 11.6 Å². The number of hydrogen-bond donors (Lipinski definition) is 0. The molecular formula is C9H5BrClIS. The first kappa shape index (κ1) is 10.2. The molecule has 0 radical (unpaired) electrons. The summed E-state index contributed by atoms with van der Waals surface area (Å²) in [6.45, 7) is 0. The highest BCUT2D eigenvalue weighted by Crippen LogP contribution is 2.34. The Balaban J connectivity index is 2.84. The Labute approximate surface area is 108 Å². The van der Waals surface area contributed by atoms with E-state index >= 15 is 0 Å². The second-order valence-corrected chi connectivity index (χ2v) is 5.75. The average Bonchev–Trinajstić information content (AvgIpc) is 2.47. The van der Waals surface area contributed by atoms with Gasteiger partial charge >= 0.3 is 0 Å². The first-order chi connectivity index (χ1) is 6.22. The van der Waals surface area contributed by atoms with Crippen molar-refractivity contribution in [2.75, 3.05) is 0 Å². The lowest BCUT2D eigenvalue weighted by atomic mass is 10.2. The molecule has 0 N–H and O–H groups in total. The number of hydrogen-bond acceptors (Lipinski definition) is 1. The molecule has 2 rings (SSSR count). The van der Waals surface area contributed by atoms with Crippen molar-refractivity contribution in [3.05, 3.63) is 31.7 Å². The molecule has 0 amide bonds. The SMILES string of the molecule is Clc1csc2c(CBr)cc(I)cc12. The number of halogens is 3. The van der Waals surface area contributed by atoms with Gasteiger partial charge in [0.05, 0.1) is 5.02 Å². The van der Waals surface area contributed by atoms with Crippen LogP contribution in [0.2, 0.25) is 5.02 Å². The molecule has 0 bridgehead atoms. The number of benzene rings is 1. The van der Waals surface area contributed by atoms with Gasteiger partial charge in [0.2, 0.25) is 0 Å². The summed E-state index contributed by atoms with van der Waals surface area (Å²) < 4.78 is 2.53. The maximum Gasteiger partial charge on any atom is 0.0592 e. The number of thiophene rings is 1. The topological polar surface area (TPSA) is 0 Å². The van der Waals surface area contributed by atoms with E-state index in [1.54, 1.807) is 11.3 Å². The van der Waals surface area contributed by atoms with E-state index in [1.807, 2.05) is 5.38 Å². The normalized spacial score (nSPS) is 11.0. The summed E-state index contributed by atoms with van der Waals surface area (Å²) in [6, 6.07) is 4.31. The Kier molecular flexibility index (Phi) is 3.18. The fourth-order valence-corrected chi connectivity index (χ4v) is 3.82. The third kappa shape index (κ3) is 1.89. The molecule has 4 heteroatoms. The van der Waals surface area contributed by atoms with Gasteiger partial charge in [-0.3, -0.25) is 0 Å². The molecule has 0 saturated carbocycles. The van der Waals surface area contributed by atoms with E-state index in [0.717, 1.165) is 10.4 Å². The van der Waals surface area contributed by atoms with Gasteiger partial charge < -0.3 is 0 Å². The van der Waals surface area contributed by atoms with Crippen molar-refractivity contribution in [2.45, 2.75) is 5.33 Å². The summed E-state index contributed by atoms with van der Waals surface area (Å²) in [5.74, 6) is 0. The molecule has 0 spiro atoms. The molecule has 1 aromatic heterocycles. The Bertz CT molecular complexity index is 452. The van der Waals surface area contributed by atoms with Gasteiger partial charge in [-0.1, -0.05) is 27.5 Å². The first-order valence-corrected chi connectivity index (χ1v) is 7.09. The van der Waals surface area contributed by atoms with E-state index < -0.39 is 0 Å². The van der Waals surface area contributed by atoms with Crippen molar-refractivity contribution >= 4 is 71.5 Å². The van der Waals surface area contributed by atoms with Gasteiger partial charge in [-0.05, 0) is 40.3 Å². The van der Waals surface area contributed by atoms with Crippen LogP contribution in [0.1, 0.15) is 5.56 Å². The maximum absolute atomic E-state index is 6.07. The van der Waals surface area contributed by atoms with Crippen molar-refractivity contribution in [1.82, 2.24) is 0 Å². The average molecular weight is 387 g/mol. The van der Waals surface area contributed by atoms with Crippen LogP contribution < -0.4 is 0 Å². The lowest BCUT2D eigenvalue weighted by molar-refractivity contribution is 1.49. The van der Waals surface area contributed by atoms with Crippen molar-refractivity contribution in [3.8, 4) is 0 Å². The second-order valence-electron chi connectivity index (χ2n) is 2.66. The smallest absolute Gasteiger partial charge is 0.0592 e. The molecule has 0 nitrogen and oxygen atoms in total. The Hall–Kier alpha value is 0.680. The van der Waals surface area contributed by atoms with Crippen LogP contribution in [0.25, 0.3) is 10.1 Å². The largest absolute Gasteiger partial charge is 0.142 e. The van der Waals surface area contributed by atoms with Crippen LogP contribution >= 0.6 is 61.5 Å². The highest BCUT2D eigenvalue weighted by Gasteiger charge is 2.07. The summed E-state index contributed by atoms with van der Waals surface area (Å²) >= 11 is 13.6. The van der Waals surface area contributed by atoms with Crippen LogP contribution in [-0.4, -0.2) is 0 Å². The highest BCUT2D eigenvalue weighted by molar-refractivity contribution is 14.1. The van der Waals surface area contributed by atoms with Gasteiger partial charge in [-0.15, -0.1) is 11.3 Å². The van der Waals surface area contributed by atoms with Gasteiger partial charge in [-0.25, -0.2) is 0 Å². The van der Waals surface area contributed by atoms with Crippen molar-refractivity contribution < 1.29 is 0 Å². The standard InChI is InChI=1S/C9H5BrClIS/c10-3-5-1-6(12)2-7-8(11)4-13-9(5)7/h1-2,4H,3H2. The third-order valence-corrected chi connectivity index (χ3v) is 4.55. The fraction of sp³-hybridized carbons (Fsp3) is 0.111. The first-order valence-electron chi connectivity index (χ1n) is 3.63. The molecule has 0 aliphatic rings. The van der Waals surface area contributed by atoms with Gasteiger partial charge in [0.1, 0.15) is 0 Å². The molecule has 0 atom stereocenters. The van der Waals surface area contributed by atoms with Gasteiger partial charge in [0.15, 0.2) is 0 Å². The molecule has 13 heavy (non-hydrogen) atoms. The summed E-state index contributed by atoms with van der Waals surface area (Å²) in [5.41, 5.74) is 1.32. The molecule has 68 valence electrons. The van der Waals surface area contributed by atoms with Crippen LogP contribution in [0.3, 0.4) is 0 Å². The zero-order valence-corrected chi connectivity index (χ0v) is 11.8. The second kappa shape index (κ2) is 4.04. The molecule has 0 aliphatic carbocycles. The maximum atomic E-state index is 6.07. The number of rotatable bonds is 1. The van der Waals surface area contributed by atoms with Crippen LogP contribution in [0, 0.1) is 3.57 Å². The Morgan fingerprint density at radius 1 is 1.46 bits per heavy atom. The minimum absolute atomic E-state index is 0.862. The molecule has 0 fully saturated rings. The molecule has 2 aromatic rings. The van der Waals surface area contributed by atoms with Crippen molar-refractivity contribution in [3.63, 3.8) is 0 Å². The Morgan fingerprint density at radius 2 is 2.23 bits per heavy atom. The summed E-state index contributed by atoms with van der Waals surface area (Å²) in [6.07, 6.45) is 0. The van der Waals surface area contributed by atoms with Gasteiger partial charge in [0.25, 0.3) is 0 Å². The summed E-state index contributed by atoms with van der Waals surface area (Å²) in [4.78, 5) is 0. The number of fused-ring (bicyclic) bond motifs is 1. The highest BCUT2D eigenvalue weighted by atomic mass is 127. The summed E-state index contributed by atoms with van der Waals surface area (Å²) in [7, 11) is 0. The Morgan fingerprint density at radius 3 is 2.92 bits per heavy atom. The van der Waals surface area contributed by atoms with Crippen molar-refractivity contribution in [1.29, 1.82) is 0 Å². The van der Waals surface area contributed by atoms with E-state index in [0.29, 0.717) is 0 Å². The van der Waals surface area contributed by atoms with E-state index in [9.17, 15) is 0 Å². The molecule has 0 saturated heterocycles. The fourth-order valence-electron chi connectivity index (χ4n) is 1.24. The van der Waals surface area contributed by atoms with E-state index in [1.165, 1.54) is 19.2 Å². The van der Waals surface area contributed by atoms with Crippen LogP contribution in [-0.2, 0) is 5.33 Å². The van der Waals surface area contributed by atoms with Crippen LogP contribution in [0.15, 0.2) is 17.5 Å². The summed E-state index contributed by atoms with van der Waals surface area (Å²) in [5, 5.41) is 4.92. The molecule has 1 aromatic carbocycles. The predicted molar refractivity (Wildman–Crippen MR) is 72.2 cm³/mol. The number of alkyl halides is 1. The van der Waals surface area contributed by atoms with E-state index in [-0.39, 0.29) is 0 Å². The van der Waals surface area contributed by atoms with Crippen LogP contribution in [0.5, 0.6) is 0 Å². The molecule has 0 unspecified atom stereocenters. The van der Waals surface area contributed by atoms with E-state index in [2.05, 4.69) is 50.7 Å². The quantitative estimate of drug-likeness (QED) is 0.474. The zero-order valence-electron chi connectivity index (χ0n) is 6.48. The van der Waals surface area contributed by atoms with Gasteiger partial charge in [0, 0.05) is 24.4 Å². The monoisotopic (exact) mass is 386 g/mol. The van der Waals surface area contributed by atoms with Crippen LogP contribution in [0.4, 0.5) is 0 Å². The molecular weight excluding hydrogens is 382 g/mol. The lowest BCUT2D eigenvalue weighted by Crippen LogP contribution is -1.80. The predicted octanol–water partition coefficient (Wildman–Crippen LogP) is 5.05. The molecule has 0 aliphatic heterocycles. The zero-order chi connectivity index (χ0) is 9.42. The lowest BCUT2D eigenvalue weighted by Gasteiger charge is -1.99. The minimum Gasteiger partial charge on any atom is -0.142 e. The third-order valence-electron chi connectivity index (χ3n) is 1.81. The minimum atomic E-state index is 0.862. The molecule has 1 heterocycles. The van der Waals surface area contributed by atoms with Crippen molar-refractivity contribution in [2.24, 2.45) is 0 Å².